The normalized spacial score (nSPS) is 13.0. The van der Waals surface area contributed by atoms with Crippen LogP contribution in [-0.2, 0) is 0 Å². The topological polar surface area (TPSA) is 32.3 Å². The molecule has 0 saturated heterocycles. The van der Waals surface area contributed by atoms with E-state index in [1.54, 1.807) is 0 Å². The van der Waals surface area contributed by atoms with Crippen molar-refractivity contribution in [3.05, 3.63) is 34.4 Å². The lowest BCUT2D eigenvalue weighted by Gasteiger charge is -2.16. The van der Waals surface area contributed by atoms with E-state index in [-0.39, 0.29) is 6.04 Å². The lowest BCUT2D eigenvalue weighted by Crippen LogP contribution is -2.15. The van der Waals surface area contributed by atoms with Crippen LogP contribution in [0, 0.1) is 20.8 Å². The van der Waals surface area contributed by atoms with Gasteiger partial charge in [-0.25, -0.2) is 0 Å². The molecule has 0 radical (unpaired) electrons. The van der Waals surface area contributed by atoms with E-state index in [9.17, 15) is 0 Å². The van der Waals surface area contributed by atoms with Gasteiger partial charge >= 0.3 is 0 Å². The standard InChI is InChI=1S/C11H17NO/c1-7-5-8(2)11(9(3)6-7)10(4)12-13/h5-6,10,12-13H,1-4H3/t10-/m1/s1. The van der Waals surface area contributed by atoms with Crippen LogP contribution in [0.25, 0.3) is 0 Å². The molecule has 0 saturated carbocycles. The first kappa shape index (κ1) is 10.2. The first-order valence-electron chi connectivity index (χ1n) is 4.53. The van der Waals surface area contributed by atoms with Crippen LogP contribution in [0.4, 0.5) is 0 Å². The Morgan fingerprint density at radius 2 is 1.62 bits per heavy atom. The zero-order chi connectivity index (χ0) is 10.0. The van der Waals surface area contributed by atoms with Gasteiger partial charge in [-0.2, -0.15) is 5.48 Å². The molecule has 13 heavy (non-hydrogen) atoms. The van der Waals surface area contributed by atoms with Crippen LogP contribution >= 0.6 is 0 Å². The Balaban J connectivity index is 3.20. The monoisotopic (exact) mass is 179 g/mol. The Kier molecular flexibility index (Phi) is 3.07. The van der Waals surface area contributed by atoms with Gasteiger partial charge in [0.05, 0.1) is 6.04 Å². The molecular weight excluding hydrogens is 162 g/mol. The van der Waals surface area contributed by atoms with Crippen LogP contribution in [0.15, 0.2) is 12.1 Å². The predicted molar refractivity (Wildman–Crippen MR) is 54.0 cm³/mol. The van der Waals surface area contributed by atoms with Crippen molar-refractivity contribution in [1.82, 2.24) is 5.48 Å². The first-order valence-corrected chi connectivity index (χ1v) is 4.53. The molecule has 1 atom stereocenters. The maximum atomic E-state index is 8.86. The quantitative estimate of drug-likeness (QED) is 0.684. The molecule has 0 unspecified atom stereocenters. The number of hydrogen-bond acceptors (Lipinski definition) is 2. The van der Waals surface area contributed by atoms with Crippen molar-refractivity contribution in [3.63, 3.8) is 0 Å². The maximum absolute atomic E-state index is 8.86. The maximum Gasteiger partial charge on any atom is 0.0545 e. The Morgan fingerprint density at radius 3 is 2.00 bits per heavy atom. The minimum absolute atomic E-state index is 0.000556. The van der Waals surface area contributed by atoms with Crippen molar-refractivity contribution in [2.75, 3.05) is 0 Å². The molecule has 72 valence electrons. The second-order valence-electron chi connectivity index (χ2n) is 3.66. The summed E-state index contributed by atoms with van der Waals surface area (Å²) in [6.07, 6.45) is 0. The number of hydroxylamine groups is 1. The number of nitrogens with one attached hydrogen (secondary N) is 1. The lowest BCUT2D eigenvalue weighted by molar-refractivity contribution is 0.133. The summed E-state index contributed by atoms with van der Waals surface area (Å²) in [6, 6.07) is 4.27. The Hall–Kier alpha value is -0.860. The van der Waals surface area contributed by atoms with E-state index < -0.39 is 0 Å². The Labute approximate surface area is 79.6 Å². The van der Waals surface area contributed by atoms with E-state index in [1.165, 1.54) is 22.3 Å². The molecule has 0 heterocycles. The summed E-state index contributed by atoms with van der Waals surface area (Å²) in [5.41, 5.74) is 7.19. The third-order valence-corrected chi connectivity index (χ3v) is 2.36. The summed E-state index contributed by atoms with van der Waals surface area (Å²) in [5.74, 6) is 0. The molecule has 0 aliphatic carbocycles. The fraction of sp³-hybridized carbons (Fsp3) is 0.455. The highest BCUT2D eigenvalue weighted by molar-refractivity contribution is 5.39. The molecule has 0 amide bonds. The summed E-state index contributed by atoms with van der Waals surface area (Å²) in [5, 5.41) is 8.86. The van der Waals surface area contributed by atoms with Crippen LogP contribution in [-0.4, -0.2) is 5.21 Å². The molecule has 2 N–H and O–H groups in total. The van der Waals surface area contributed by atoms with E-state index in [2.05, 4.69) is 38.4 Å². The average molecular weight is 179 g/mol. The van der Waals surface area contributed by atoms with E-state index >= 15 is 0 Å². The Bertz CT molecular complexity index is 284. The smallest absolute Gasteiger partial charge is 0.0545 e. The highest BCUT2D eigenvalue weighted by Crippen LogP contribution is 2.22. The largest absolute Gasteiger partial charge is 0.316 e. The average Bonchev–Trinajstić information content (AvgIpc) is 2.02. The number of hydrogen-bond donors (Lipinski definition) is 2. The highest BCUT2D eigenvalue weighted by atomic mass is 16.5. The predicted octanol–water partition coefficient (Wildman–Crippen LogP) is 2.65. The fourth-order valence-corrected chi connectivity index (χ4v) is 1.94. The molecule has 0 bridgehead atoms. The second-order valence-corrected chi connectivity index (χ2v) is 3.66. The molecule has 1 aromatic carbocycles. The lowest BCUT2D eigenvalue weighted by atomic mass is 9.95. The second kappa shape index (κ2) is 3.90. The van der Waals surface area contributed by atoms with Gasteiger partial charge in [-0.15, -0.1) is 0 Å². The van der Waals surface area contributed by atoms with Crippen molar-refractivity contribution >= 4 is 0 Å². The van der Waals surface area contributed by atoms with Gasteiger partial charge in [-0.1, -0.05) is 17.7 Å². The van der Waals surface area contributed by atoms with E-state index in [1.807, 2.05) is 6.92 Å². The van der Waals surface area contributed by atoms with Crippen molar-refractivity contribution < 1.29 is 5.21 Å². The SMILES string of the molecule is Cc1cc(C)c([C@@H](C)NO)c(C)c1. The van der Waals surface area contributed by atoms with Gasteiger partial charge in [0.25, 0.3) is 0 Å². The minimum atomic E-state index is 0.000556. The third kappa shape index (κ3) is 2.08. The van der Waals surface area contributed by atoms with Crippen molar-refractivity contribution in [2.45, 2.75) is 33.7 Å². The summed E-state index contributed by atoms with van der Waals surface area (Å²) in [4.78, 5) is 0. The van der Waals surface area contributed by atoms with Crippen LogP contribution in [0.2, 0.25) is 0 Å². The summed E-state index contributed by atoms with van der Waals surface area (Å²) in [6.45, 7) is 8.18. The molecule has 0 aliphatic heterocycles. The Morgan fingerprint density at radius 1 is 1.15 bits per heavy atom. The number of benzene rings is 1. The molecule has 2 nitrogen and oxygen atoms in total. The van der Waals surface area contributed by atoms with Crippen LogP contribution in [0.5, 0.6) is 0 Å². The van der Waals surface area contributed by atoms with Crippen molar-refractivity contribution in [2.24, 2.45) is 0 Å². The molecule has 0 aliphatic rings. The number of aryl methyl sites for hydroxylation is 3. The summed E-state index contributed by atoms with van der Waals surface area (Å²) >= 11 is 0. The van der Waals surface area contributed by atoms with Crippen molar-refractivity contribution in [3.8, 4) is 0 Å². The fourth-order valence-electron chi connectivity index (χ4n) is 1.94. The summed E-state index contributed by atoms with van der Waals surface area (Å²) in [7, 11) is 0. The van der Waals surface area contributed by atoms with Gasteiger partial charge in [0.2, 0.25) is 0 Å². The van der Waals surface area contributed by atoms with Crippen LogP contribution in [0.1, 0.15) is 35.2 Å². The van der Waals surface area contributed by atoms with Gasteiger partial charge in [0.15, 0.2) is 0 Å². The molecular formula is C11H17NO. The number of rotatable bonds is 2. The summed E-state index contributed by atoms with van der Waals surface area (Å²) < 4.78 is 0. The zero-order valence-electron chi connectivity index (χ0n) is 8.68. The minimum Gasteiger partial charge on any atom is -0.316 e. The molecule has 1 rings (SSSR count). The first-order chi connectivity index (χ1) is 6.06. The van der Waals surface area contributed by atoms with Crippen molar-refractivity contribution in [1.29, 1.82) is 0 Å². The van der Waals surface area contributed by atoms with Crippen LogP contribution < -0.4 is 5.48 Å². The van der Waals surface area contributed by atoms with Gasteiger partial charge < -0.3 is 5.21 Å². The molecule has 0 spiro atoms. The van der Waals surface area contributed by atoms with Gasteiger partial charge in [-0.3, -0.25) is 0 Å². The van der Waals surface area contributed by atoms with E-state index in [4.69, 9.17) is 5.21 Å². The molecule has 0 aromatic heterocycles. The van der Waals surface area contributed by atoms with Gasteiger partial charge in [0.1, 0.15) is 0 Å². The van der Waals surface area contributed by atoms with Gasteiger partial charge in [-0.05, 0) is 44.4 Å². The zero-order valence-corrected chi connectivity index (χ0v) is 8.68. The third-order valence-electron chi connectivity index (χ3n) is 2.36. The van der Waals surface area contributed by atoms with Gasteiger partial charge in [0, 0.05) is 0 Å². The highest BCUT2D eigenvalue weighted by Gasteiger charge is 2.10. The van der Waals surface area contributed by atoms with Crippen LogP contribution in [0.3, 0.4) is 0 Å². The molecule has 0 fully saturated rings. The molecule has 1 aromatic rings. The molecule has 2 heteroatoms. The van der Waals surface area contributed by atoms with E-state index in [0.717, 1.165) is 0 Å². The van der Waals surface area contributed by atoms with E-state index in [0.29, 0.717) is 0 Å².